The number of benzene rings is 1. The molecule has 1 aromatic rings. The lowest BCUT2D eigenvalue weighted by Crippen LogP contribution is -2.47. The number of para-hydroxylation sites is 1. The van der Waals surface area contributed by atoms with Gasteiger partial charge in [-0.1, -0.05) is 121 Å². The van der Waals surface area contributed by atoms with Crippen LogP contribution in [0.25, 0.3) is 0 Å². The molecule has 1 rings (SSSR count). The predicted molar refractivity (Wildman–Crippen MR) is 132 cm³/mol. The molecule has 29 heavy (non-hydrogen) atoms. The molecule has 1 N–H and O–H groups in total. The Morgan fingerprint density at radius 2 is 1.00 bits per heavy atom. The van der Waals surface area contributed by atoms with Gasteiger partial charge in [-0.25, -0.2) is 0 Å². The van der Waals surface area contributed by atoms with Crippen molar-refractivity contribution in [2.75, 3.05) is 27.3 Å². The van der Waals surface area contributed by atoms with Gasteiger partial charge in [-0.2, -0.15) is 0 Å². The number of hydrogen-bond donors (Lipinski definition) is 1. The number of quaternary nitrogens is 1. The fourth-order valence-corrected chi connectivity index (χ4v) is 4.08. The molecule has 0 aromatic heterocycles. The van der Waals surface area contributed by atoms with Gasteiger partial charge in [0.25, 0.3) is 0 Å². The van der Waals surface area contributed by atoms with E-state index >= 15 is 0 Å². The van der Waals surface area contributed by atoms with Crippen LogP contribution >= 0.6 is 0 Å². The van der Waals surface area contributed by atoms with Crippen molar-refractivity contribution in [3.63, 3.8) is 0 Å². The smallest absolute Gasteiger partial charge is 0.136 e. The van der Waals surface area contributed by atoms with Gasteiger partial charge in [-0.3, -0.25) is 9.80 Å². The molecule has 0 saturated carbocycles. The van der Waals surface area contributed by atoms with Crippen LogP contribution in [0.2, 0.25) is 0 Å². The number of hydrogen-bond acceptors (Lipinski definition) is 1. The molecule has 0 aliphatic carbocycles. The molecule has 168 valence electrons. The standard InChI is InChI=1S/C27H51N2/c1-4-5-6-7-8-9-10-11-12-13-14-15-16-17-18-22-25-28-26-29(2,3)27-23-20-19-21-24-27/h19-21,23-24,28H,4-18,22,25-26H2,1-3H3/q+1. The SMILES string of the molecule is CCCCCCCCCCCCCCCCCCNC[N+](C)(C)c1ccccc1. The van der Waals surface area contributed by atoms with Crippen molar-refractivity contribution in [3.05, 3.63) is 30.3 Å². The van der Waals surface area contributed by atoms with Crippen LogP contribution in [0.1, 0.15) is 110 Å². The molecule has 0 saturated heterocycles. The zero-order valence-electron chi connectivity index (χ0n) is 20.1. The lowest BCUT2D eigenvalue weighted by atomic mass is 10.0. The van der Waals surface area contributed by atoms with E-state index in [0.29, 0.717) is 0 Å². The van der Waals surface area contributed by atoms with Gasteiger partial charge >= 0.3 is 0 Å². The lowest BCUT2D eigenvalue weighted by molar-refractivity contribution is 0.358. The van der Waals surface area contributed by atoms with Crippen molar-refractivity contribution in [1.82, 2.24) is 9.80 Å². The molecule has 0 aliphatic heterocycles. The highest BCUT2D eigenvalue weighted by atomic mass is 15.4. The summed E-state index contributed by atoms with van der Waals surface area (Å²) in [6, 6.07) is 10.8. The molecule has 1 aromatic carbocycles. The van der Waals surface area contributed by atoms with Gasteiger partial charge in [0, 0.05) is 6.54 Å². The number of unbranched alkanes of at least 4 members (excludes halogenated alkanes) is 15. The zero-order chi connectivity index (χ0) is 21.0. The Balaban J connectivity index is 1.79. The molecular formula is C27H51N2+. The third-order valence-electron chi connectivity index (χ3n) is 6.17. The molecule has 0 radical (unpaired) electrons. The number of nitrogens with one attached hydrogen (secondary N) is 1. The summed E-state index contributed by atoms with van der Waals surface area (Å²) in [6.07, 6.45) is 23.0. The van der Waals surface area contributed by atoms with E-state index in [4.69, 9.17) is 0 Å². The quantitative estimate of drug-likeness (QED) is 0.132. The van der Waals surface area contributed by atoms with Gasteiger partial charge in [0.1, 0.15) is 12.4 Å². The molecule has 0 spiro atoms. The molecule has 0 aliphatic rings. The van der Waals surface area contributed by atoms with Crippen molar-refractivity contribution in [2.45, 2.75) is 110 Å². The summed E-state index contributed by atoms with van der Waals surface area (Å²) in [6.45, 7) is 4.45. The van der Waals surface area contributed by atoms with Crippen LogP contribution in [-0.2, 0) is 0 Å². The average molecular weight is 404 g/mol. The first-order valence-corrected chi connectivity index (χ1v) is 12.8. The Morgan fingerprint density at radius 3 is 1.45 bits per heavy atom. The lowest BCUT2D eigenvalue weighted by Gasteiger charge is -2.29. The molecular weight excluding hydrogens is 352 g/mol. The summed E-state index contributed by atoms with van der Waals surface area (Å²) in [5, 5.41) is 3.65. The highest BCUT2D eigenvalue weighted by Gasteiger charge is 2.17. The van der Waals surface area contributed by atoms with Crippen molar-refractivity contribution >= 4 is 5.69 Å². The van der Waals surface area contributed by atoms with Crippen LogP contribution in [0.3, 0.4) is 0 Å². The van der Waals surface area contributed by atoms with Crippen LogP contribution < -0.4 is 9.80 Å². The second kappa shape index (κ2) is 18.0. The van der Waals surface area contributed by atoms with E-state index in [-0.39, 0.29) is 0 Å². The zero-order valence-corrected chi connectivity index (χ0v) is 20.1. The van der Waals surface area contributed by atoms with Crippen LogP contribution in [-0.4, -0.2) is 27.3 Å². The Morgan fingerprint density at radius 1 is 0.586 bits per heavy atom. The second-order valence-electron chi connectivity index (χ2n) is 9.48. The van der Waals surface area contributed by atoms with E-state index in [9.17, 15) is 0 Å². The Bertz CT molecular complexity index is 455. The minimum atomic E-state index is 0.902. The largest absolute Gasteiger partial charge is 0.284 e. The van der Waals surface area contributed by atoms with E-state index in [0.717, 1.165) is 17.7 Å². The molecule has 0 bridgehead atoms. The summed E-state index contributed by atoms with van der Waals surface area (Å²) in [4.78, 5) is 0. The van der Waals surface area contributed by atoms with Gasteiger partial charge in [0.15, 0.2) is 0 Å². The van der Waals surface area contributed by atoms with Crippen LogP contribution in [0, 0.1) is 0 Å². The summed E-state index contributed by atoms with van der Waals surface area (Å²) in [5.41, 5.74) is 1.37. The average Bonchev–Trinajstić information content (AvgIpc) is 2.73. The molecule has 0 amide bonds. The minimum absolute atomic E-state index is 0.902. The predicted octanol–water partition coefficient (Wildman–Crippen LogP) is 8.06. The van der Waals surface area contributed by atoms with Crippen molar-refractivity contribution < 1.29 is 0 Å². The van der Waals surface area contributed by atoms with Crippen molar-refractivity contribution in [1.29, 1.82) is 0 Å². The monoisotopic (exact) mass is 403 g/mol. The van der Waals surface area contributed by atoms with Crippen LogP contribution in [0.5, 0.6) is 0 Å². The highest BCUT2D eigenvalue weighted by molar-refractivity contribution is 5.40. The molecule has 0 atom stereocenters. The minimum Gasteiger partial charge on any atom is -0.284 e. The second-order valence-corrected chi connectivity index (χ2v) is 9.48. The topological polar surface area (TPSA) is 12.0 Å². The fourth-order valence-electron chi connectivity index (χ4n) is 4.08. The molecule has 2 nitrogen and oxygen atoms in total. The van der Waals surface area contributed by atoms with Crippen molar-refractivity contribution in [2.24, 2.45) is 0 Å². The molecule has 0 heterocycles. The maximum absolute atomic E-state index is 3.65. The molecule has 0 unspecified atom stereocenters. The number of nitrogens with zero attached hydrogens (tertiary/aromatic N) is 1. The first-order chi connectivity index (χ1) is 14.2. The maximum atomic E-state index is 3.65. The summed E-state index contributed by atoms with van der Waals surface area (Å²) in [7, 11) is 4.55. The normalized spacial score (nSPS) is 11.8. The van der Waals surface area contributed by atoms with Gasteiger partial charge in [0.05, 0.1) is 14.1 Å². The van der Waals surface area contributed by atoms with E-state index in [2.05, 4.69) is 56.7 Å². The summed E-state index contributed by atoms with van der Waals surface area (Å²) >= 11 is 0. The highest BCUT2D eigenvalue weighted by Crippen LogP contribution is 2.17. The van der Waals surface area contributed by atoms with E-state index < -0.39 is 0 Å². The van der Waals surface area contributed by atoms with Gasteiger partial charge in [-0.05, 0) is 18.6 Å². The fraction of sp³-hybridized carbons (Fsp3) is 0.778. The van der Waals surface area contributed by atoms with Gasteiger partial charge < -0.3 is 0 Å². The van der Waals surface area contributed by atoms with Gasteiger partial charge in [0.2, 0.25) is 0 Å². The molecule has 2 heteroatoms. The Kier molecular flexibility index (Phi) is 16.2. The van der Waals surface area contributed by atoms with E-state index in [1.54, 1.807) is 0 Å². The molecule has 0 fully saturated rings. The van der Waals surface area contributed by atoms with Gasteiger partial charge in [-0.15, -0.1) is 0 Å². The first kappa shape index (κ1) is 26.2. The third-order valence-corrected chi connectivity index (χ3v) is 6.17. The number of rotatable bonds is 20. The van der Waals surface area contributed by atoms with Crippen molar-refractivity contribution in [3.8, 4) is 0 Å². The Hall–Kier alpha value is -0.860. The summed E-state index contributed by atoms with van der Waals surface area (Å²) in [5.74, 6) is 0. The summed E-state index contributed by atoms with van der Waals surface area (Å²) < 4.78 is 0.902. The van der Waals surface area contributed by atoms with E-state index in [1.165, 1.54) is 108 Å². The third kappa shape index (κ3) is 14.7. The maximum Gasteiger partial charge on any atom is 0.136 e. The van der Waals surface area contributed by atoms with Crippen LogP contribution in [0.4, 0.5) is 5.69 Å². The van der Waals surface area contributed by atoms with Crippen LogP contribution in [0.15, 0.2) is 30.3 Å². The first-order valence-electron chi connectivity index (χ1n) is 12.8. The Labute approximate surface area is 183 Å². The van der Waals surface area contributed by atoms with E-state index in [1.807, 2.05) is 0 Å².